The Morgan fingerprint density at radius 2 is 1.81 bits per heavy atom. The molecule has 2 rings (SSSR count). The molecule has 0 aromatic heterocycles. The van der Waals surface area contributed by atoms with Crippen LogP contribution in [0.4, 0.5) is 5.69 Å². The number of nitro benzene ring substituents is 1. The van der Waals surface area contributed by atoms with Crippen molar-refractivity contribution >= 4 is 17.7 Å². The molecule has 0 saturated carbocycles. The molecule has 0 bridgehead atoms. The van der Waals surface area contributed by atoms with Crippen molar-refractivity contribution in [3.8, 4) is 17.2 Å². The number of methoxy groups -OCH3 is 2. The maximum atomic E-state index is 11.9. The van der Waals surface area contributed by atoms with Crippen molar-refractivity contribution in [1.29, 1.82) is 0 Å². The largest absolute Gasteiger partial charge is 0.872 e. The first-order valence-electron chi connectivity index (χ1n) is 7.56. The minimum atomic E-state index is -0.596. The van der Waals surface area contributed by atoms with Gasteiger partial charge in [-0.1, -0.05) is 6.07 Å². The molecule has 0 unspecified atom stereocenters. The van der Waals surface area contributed by atoms with Crippen molar-refractivity contribution in [3.63, 3.8) is 0 Å². The van der Waals surface area contributed by atoms with Crippen LogP contribution < -0.4 is 19.9 Å². The van der Waals surface area contributed by atoms with Crippen molar-refractivity contribution < 1.29 is 24.3 Å². The Hall–Kier alpha value is -3.55. The lowest BCUT2D eigenvalue weighted by Crippen LogP contribution is -2.21. The molecule has 8 heteroatoms. The van der Waals surface area contributed by atoms with Crippen LogP contribution in [0.15, 0.2) is 42.5 Å². The molecule has 2 aromatic rings. The van der Waals surface area contributed by atoms with Crippen LogP contribution in [0.5, 0.6) is 17.2 Å². The van der Waals surface area contributed by atoms with E-state index in [0.29, 0.717) is 17.1 Å². The number of non-ortho nitro benzene ring substituents is 1. The zero-order valence-corrected chi connectivity index (χ0v) is 14.2. The van der Waals surface area contributed by atoms with Gasteiger partial charge in [0.1, 0.15) is 11.5 Å². The van der Waals surface area contributed by atoms with E-state index < -0.39 is 10.8 Å². The van der Waals surface area contributed by atoms with E-state index in [1.165, 1.54) is 20.3 Å². The molecule has 0 spiro atoms. The summed E-state index contributed by atoms with van der Waals surface area (Å²) in [6.45, 7) is -0.106. The van der Waals surface area contributed by atoms with E-state index in [0.717, 1.165) is 18.2 Å². The van der Waals surface area contributed by atoms with Gasteiger partial charge in [-0.15, -0.1) is 5.75 Å². The van der Waals surface area contributed by atoms with E-state index in [9.17, 15) is 20.0 Å². The smallest absolute Gasteiger partial charge is 0.269 e. The Morgan fingerprint density at radius 3 is 2.38 bits per heavy atom. The molecule has 0 radical (unpaired) electrons. The van der Waals surface area contributed by atoms with Crippen LogP contribution in [-0.2, 0) is 11.3 Å². The Bertz CT molecular complexity index is 825. The molecule has 1 amide bonds. The molecule has 0 aliphatic carbocycles. The van der Waals surface area contributed by atoms with Gasteiger partial charge >= 0.3 is 0 Å². The average molecular weight is 357 g/mol. The summed E-state index contributed by atoms with van der Waals surface area (Å²) in [6.07, 6.45) is 2.85. The monoisotopic (exact) mass is 357 g/mol. The van der Waals surface area contributed by atoms with Crippen molar-refractivity contribution in [3.05, 3.63) is 63.7 Å². The van der Waals surface area contributed by atoms with Crippen molar-refractivity contribution in [2.75, 3.05) is 14.2 Å². The first kappa shape index (κ1) is 18.8. The standard InChI is InChI=1S/C18H18N2O6/c1-25-15-7-12(8-16(10-15)26-2)3-6-18(22)19-11-13-9-14(20(23)24)4-5-17(13)21/h3-10,21H,11H2,1-2H3,(H,19,22)/p-1/b6-3+. The number of hydrogen-bond acceptors (Lipinski definition) is 6. The van der Waals surface area contributed by atoms with Crippen LogP contribution in [0.3, 0.4) is 0 Å². The molecule has 26 heavy (non-hydrogen) atoms. The van der Waals surface area contributed by atoms with Crippen molar-refractivity contribution in [2.45, 2.75) is 6.54 Å². The van der Waals surface area contributed by atoms with Crippen molar-refractivity contribution in [1.82, 2.24) is 5.32 Å². The highest BCUT2D eigenvalue weighted by atomic mass is 16.6. The summed E-state index contributed by atoms with van der Waals surface area (Å²) in [5.41, 5.74) is 0.632. The van der Waals surface area contributed by atoms with Crippen LogP contribution in [0.1, 0.15) is 11.1 Å². The predicted octanol–water partition coefficient (Wildman–Crippen LogP) is 2.02. The molecule has 136 valence electrons. The zero-order valence-electron chi connectivity index (χ0n) is 14.2. The number of nitro groups is 1. The third kappa shape index (κ3) is 4.97. The molecule has 0 atom stereocenters. The second-order valence-corrected chi connectivity index (χ2v) is 5.25. The fraction of sp³-hybridized carbons (Fsp3) is 0.167. The number of nitrogens with zero attached hydrogens (tertiary/aromatic N) is 1. The lowest BCUT2D eigenvalue weighted by molar-refractivity contribution is -0.385. The topological polar surface area (TPSA) is 114 Å². The van der Waals surface area contributed by atoms with Crippen LogP contribution in [0.25, 0.3) is 6.08 Å². The quantitative estimate of drug-likeness (QED) is 0.461. The third-order valence-corrected chi connectivity index (χ3v) is 3.51. The lowest BCUT2D eigenvalue weighted by atomic mass is 10.1. The summed E-state index contributed by atoms with van der Waals surface area (Å²) in [6, 6.07) is 8.54. The fourth-order valence-electron chi connectivity index (χ4n) is 2.16. The molecule has 8 nitrogen and oxygen atoms in total. The Kier molecular flexibility index (Phi) is 6.15. The van der Waals surface area contributed by atoms with Gasteiger partial charge in [0.05, 0.1) is 19.1 Å². The summed E-state index contributed by atoms with van der Waals surface area (Å²) in [7, 11) is 3.04. The molecule has 1 N–H and O–H groups in total. The van der Waals surface area contributed by atoms with Gasteiger partial charge in [0.15, 0.2) is 0 Å². The Labute approximate surface area is 149 Å². The number of nitrogens with one attached hydrogen (secondary N) is 1. The molecule has 2 aromatic carbocycles. The zero-order chi connectivity index (χ0) is 19.1. The minimum absolute atomic E-state index is 0.106. The van der Waals surface area contributed by atoms with Gasteiger partial charge in [-0.2, -0.15) is 0 Å². The summed E-state index contributed by atoms with van der Waals surface area (Å²) in [5, 5.41) is 25.0. The second kappa shape index (κ2) is 8.52. The van der Waals surface area contributed by atoms with E-state index in [1.807, 2.05) is 0 Å². The highest BCUT2D eigenvalue weighted by molar-refractivity contribution is 5.91. The fourth-order valence-corrected chi connectivity index (χ4v) is 2.16. The average Bonchev–Trinajstić information content (AvgIpc) is 2.65. The summed E-state index contributed by atoms with van der Waals surface area (Å²) >= 11 is 0. The number of carbonyl (C=O) groups excluding carboxylic acids is 1. The van der Waals surface area contributed by atoms with Crippen molar-refractivity contribution in [2.24, 2.45) is 0 Å². The van der Waals surface area contributed by atoms with Gasteiger partial charge in [-0.3, -0.25) is 14.9 Å². The Morgan fingerprint density at radius 1 is 1.15 bits per heavy atom. The van der Waals surface area contributed by atoms with Crippen LogP contribution in [-0.4, -0.2) is 25.1 Å². The lowest BCUT2D eigenvalue weighted by Gasteiger charge is -2.12. The number of ether oxygens (including phenoxy) is 2. The number of rotatable bonds is 7. The first-order valence-corrected chi connectivity index (χ1v) is 7.56. The number of benzene rings is 2. The third-order valence-electron chi connectivity index (χ3n) is 3.51. The molecule has 0 aliphatic rings. The highest BCUT2D eigenvalue weighted by Crippen LogP contribution is 2.23. The SMILES string of the molecule is COc1cc(/C=C/C(=O)NCc2cc([N+](=O)[O-])ccc2[O-])cc(OC)c1. The highest BCUT2D eigenvalue weighted by Gasteiger charge is 2.07. The molecular formula is C18H17N2O6-. The summed E-state index contributed by atoms with van der Waals surface area (Å²) < 4.78 is 10.3. The van der Waals surface area contributed by atoms with Gasteiger partial charge in [0, 0.05) is 30.8 Å². The first-order chi connectivity index (χ1) is 12.4. The van der Waals surface area contributed by atoms with E-state index >= 15 is 0 Å². The molecule has 0 aliphatic heterocycles. The van der Waals surface area contributed by atoms with Crippen LogP contribution in [0.2, 0.25) is 0 Å². The van der Waals surface area contributed by atoms with Gasteiger partial charge in [0.2, 0.25) is 5.91 Å². The Balaban J connectivity index is 2.04. The molecular weight excluding hydrogens is 340 g/mol. The summed E-state index contributed by atoms with van der Waals surface area (Å²) in [5.74, 6) is 0.337. The summed E-state index contributed by atoms with van der Waals surface area (Å²) in [4.78, 5) is 22.1. The number of hydrogen-bond donors (Lipinski definition) is 1. The van der Waals surface area contributed by atoms with Gasteiger partial charge in [0.25, 0.3) is 5.69 Å². The second-order valence-electron chi connectivity index (χ2n) is 5.25. The maximum Gasteiger partial charge on any atom is 0.269 e. The van der Waals surface area contributed by atoms with Crippen LogP contribution in [0, 0.1) is 10.1 Å². The maximum absolute atomic E-state index is 11.9. The van der Waals surface area contributed by atoms with E-state index in [2.05, 4.69) is 5.32 Å². The minimum Gasteiger partial charge on any atom is -0.872 e. The van der Waals surface area contributed by atoms with Gasteiger partial charge in [-0.05, 0) is 29.3 Å². The molecule has 0 heterocycles. The normalized spacial score (nSPS) is 10.5. The van der Waals surface area contributed by atoms with Crippen LogP contribution >= 0.6 is 0 Å². The predicted molar refractivity (Wildman–Crippen MR) is 93.0 cm³/mol. The van der Waals surface area contributed by atoms with E-state index in [4.69, 9.17) is 9.47 Å². The van der Waals surface area contributed by atoms with Gasteiger partial charge in [-0.25, -0.2) is 0 Å². The van der Waals surface area contributed by atoms with E-state index in [-0.39, 0.29) is 23.5 Å². The van der Waals surface area contributed by atoms with Gasteiger partial charge < -0.3 is 19.9 Å². The number of carbonyl (C=O) groups is 1. The molecule has 0 saturated heterocycles. The number of amides is 1. The van der Waals surface area contributed by atoms with E-state index in [1.54, 1.807) is 24.3 Å². The molecule has 0 fully saturated rings.